The van der Waals surface area contributed by atoms with Crippen LogP contribution in [0.2, 0.25) is 0 Å². The average molecular weight is 777 g/mol. The summed E-state index contributed by atoms with van der Waals surface area (Å²) in [7, 11) is -4.78. The Kier molecular flexibility index (Phi) is 38.3. The molecule has 0 aromatic heterocycles. The summed E-state index contributed by atoms with van der Waals surface area (Å²) < 4.78 is 26.3. The molecule has 0 rings (SSSR count). The van der Waals surface area contributed by atoms with E-state index in [0.717, 1.165) is 44.9 Å². The first-order valence-corrected chi connectivity index (χ1v) is 22.8. The molecule has 0 amide bonds. The fourth-order valence-electron chi connectivity index (χ4n) is 5.53. The van der Waals surface area contributed by atoms with Crippen LogP contribution in [0.4, 0.5) is 0 Å². The van der Waals surface area contributed by atoms with Crippen LogP contribution in [-0.4, -0.2) is 41.0 Å². The van der Waals surface area contributed by atoms with E-state index in [9.17, 15) is 14.2 Å². The first-order chi connectivity index (χ1) is 26.3. The maximum Gasteiger partial charge on any atom is 0.469 e. The zero-order valence-corrected chi connectivity index (χ0v) is 35.0. The molecule has 0 heterocycles. The molecule has 0 aliphatic heterocycles. The molecule has 9 heteroatoms. The van der Waals surface area contributed by atoms with E-state index < -0.39 is 32.5 Å². The molecule has 0 aliphatic rings. The van der Waals surface area contributed by atoms with E-state index in [0.29, 0.717) is 12.8 Å². The highest BCUT2D eigenvalue weighted by Crippen LogP contribution is 2.36. The Morgan fingerprint density at radius 1 is 0.481 bits per heavy atom. The van der Waals surface area contributed by atoms with Crippen molar-refractivity contribution in [3.63, 3.8) is 0 Å². The summed E-state index contributed by atoms with van der Waals surface area (Å²) in [5.74, 6) is -0.986. The minimum absolute atomic E-state index is 0.0854. The number of rotatable bonds is 38. The highest BCUT2D eigenvalue weighted by atomic mass is 31.2. The number of esters is 2. The van der Waals surface area contributed by atoms with Crippen molar-refractivity contribution >= 4 is 19.8 Å². The van der Waals surface area contributed by atoms with Crippen molar-refractivity contribution in [3.05, 3.63) is 72.9 Å². The number of allylic oxidation sites excluding steroid dienone is 12. The van der Waals surface area contributed by atoms with E-state index in [1.165, 1.54) is 96.3 Å². The maximum absolute atomic E-state index is 12.4. The molecule has 0 aromatic carbocycles. The molecule has 2 N–H and O–H groups in total. The maximum atomic E-state index is 12.4. The van der Waals surface area contributed by atoms with E-state index in [-0.39, 0.29) is 19.4 Å². The molecular weight excluding hydrogens is 699 g/mol. The third-order valence-corrected chi connectivity index (χ3v) is 9.20. The molecule has 54 heavy (non-hydrogen) atoms. The van der Waals surface area contributed by atoms with Gasteiger partial charge in [-0.2, -0.15) is 0 Å². The monoisotopic (exact) mass is 777 g/mol. The number of carbonyl (C=O) groups excluding carboxylic acids is 2. The van der Waals surface area contributed by atoms with Crippen molar-refractivity contribution in [1.29, 1.82) is 0 Å². The molecule has 310 valence electrons. The van der Waals surface area contributed by atoms with Gasteiger partial charge in [-0.05, 0) is 77.0 Å². The molecular formula is C45H77O8P. The topological polar surface area (TPSA) is 119 Å². The standard InChI is InChI=1S/C45H77O8P/c1-3-5-7-9-11-13-15-17-19-21-22-24-26-28-30-32-34-36-38-40-45(47)53-43(42-52-54(48,49)50)41-51-44(46)39-37-35-33-31-29-27-25-23-20-18-16-14-12-10-8-6-4-2/h11,13-14,16-17,19,22,24,28,30,34,36,43H,3-10,12,15,18,20-21,23,25-27,29,31-33,35,37-42H2,1-2H3,(H2,48,49,50)/b13-11+,16-14+,19-17+,24-22+,30-28+,36-34+/t43-/m1/s1. The Morgan fingerprint density at radius 3 is 1.37 bits per heavy atom. The zero-order chi connectivity index (χ0) is 39.6. The highest BCUT2D eigenvalue weighted by Gasteiger charge is 2.22. The molecule has 0 saturated carbocycles. The zero-order valence-electron chi connectivity index (χ0n) is 34.1. The number of unbranched alkanes of at least 4 members (excludes halogenated alkanes) is 16. The molecule has 0 aromatic rings. The van der Waals surface area contributed by atoms with Crippen LogP contribution in [0, 0.1) is 0 Å². The van der Waals surface area contributed by atoms with Crippen molar-refractivity contribution in [2.45, 2.75) is 187 Å². The lowest BCUT2D eigenvalue weighted by atomic mass is 10.1. The van der Waals surface area contributed by atoms with Crippen LogP contribution in [-0.2, 0) is 28.2 Å². The summed E-state index contributed by atoms with van der Waals surface area (Å²) in [6.45, 7) is 3.58. The quantitative estimate of drug-likeness (QED) is 0.0275. The Hall–Kier alpha value is -2.51. The van der Waals surface area contributed by atoms with Crippen LogP contribution in [0.5, 0.6) is 0 Å². The number of phosphoric ester groups is 1. The van der Waals surface area contributed by atoms with Crippen LogP contribution < -0.4 is 0 Å². The predicted molar refractivity (Wildman–Crippen MR) is 225 cm³/mol. The van der Waals surface area contributed by atoms with Crippen LogP contribution >= 0.6 is 7.82 Å². The fraction of sp³-hybridized carbons (Fsp3) is 0.689. The average Bonchev–Trinajstić information content (AvgIpc) is 3.14. The van der Waals surface area contributed by atoms with Gasteiger partial charge in [-0.15, -0.1) is 0 Å². The molecule has 0 spiro atoms. The lowest BCUT2D eigenvalue weighted by Crippen LogP contribution is -2.29. The summed E-state index contributed by atoms with van der Waals surface area (Å²) in [4.78, 5) is 42.8. The molecule has 0 aliphatic carbocycles. The van der Waals surface area contributed by atoms with Crippen molar-refractivity contribution in [1.82, 2.24) is 0 Å². The van der Waals surface area contributed by atoms with Gasteiger partial charge in [-0.1, -0.05) is 164 Å². The third kappa shape index (κ3) is 42.2. The molecule has 1 atom stereocenters. The van der Waals surface area contributed by atoms with Crippen LogP contribution in [0.3, 0.4) is 0 Å². The number of ether oxygens (including phenoxy) is 2. The number of hydrogen-bond donors (Lipinski definition) is 2. The van der Waals surface area contributed by atoms with E-state index >= 15 is 0 Å². The minimum atomic E-state index is -4.78. The van der Waals surface area contributed by atoms with Gasteiger partial charge in [0.2, 0.25) is 0 Å². The lowest BCUT2D eigenvalue weighted by Gasteiger charge is -2.18. The molecule has 0 saturated heterocycles. The van der Waals surface area contributed by atoms with Crippen LogP contribution in [0.15, 0.2) is 72.9 Å². The first kappa shape index (κ1) is 51.5. The Morgan fingerprint density at radius 2 is 0.870 bits per heavy atom. The Labute approximate surface area is 329 Å². The smallest absolute Gasteiger partial charge is 0.462 e. The molecule has 8 nitrogen and oxygen atoms in total. The van der Waals surface area contributed by atoms with Gasteiger partial charge in [0.15, 0.2) is 6.10 Å². The Bertz CT molecular complexity index is 1100. The Balaban J connectivity index is 4.05. The number of phosphoric acid groups is 1. The number of hydrogen-bond acceptors (Lipinski definition) is 6. The second-order valence-corrected chi connectivity index (χ2v) is 15.2. The largest absolute Gasteiger partial charge is 0.469 e. The summed E-state index contributed by atoms with van der Waals surface area (Å²) >= 11 is 0. The van der Waals surface area contributed by atoms with Gasteiger partial charge < -0.3 is 19.3 Å². The van der Waals surface area contributed by atoms with Crippen LogP contribution in [0.25, 0.3) is 0 Å². The molecule has 0 fully saturated rings. The van der Waals surface area contributed by atoms with Crippen molar-refractivity contribution in [3.8, 4) is 0 Å². The van der Waals surface area contributed by atoms with E-state index in [1.807, 2.05) is 12.2 Å². The van der Waals surface area contributed by atoms with Gasteiger partial charge in [0, 0.05) is 12.8 Å². The predicted octanol–water partition coefficient (Wildman–Crippen LogP) is 13.1. The fourth-order valence-corrected chi connectivity index (χ4v) is 5.89. The summed E-state index contributed by atoms with van der Waals surface area (Å²) in [5.41, 5.74) is 0. The second-order valence-electron chi connectivity index (χ2n) is 14.0. The van der Waals surface area contributed by atoms with Gasteiger partial charge in [0.25, 0.3) is 0 Å². The van der Waals surface area contributed by atoms with Crippen molar-refractivity contribution in [2.75, 3.05) is 13.2 Å². The van der Waals surface area contributed by atoms with Gasteiger partial charge in [-0.25, -0.2) is 4.57 Å². The lowest BCUT2D eigenvalue weighted by molar-refractivity contribution is -0.161. The van der Waals surface area contributed by atoms with E-state index in [1.54, 1.807) is 0 Å². The SMILES string of the molecule is CCCCC/C=C/C/C=C/C/C=C/C/C=C/C/C=C/CCC(=O)O[C@H](COC(=O)CCCCCCCCCCC/C=C/CCCCCC)COP(=O)(O)O. The van der Waals surface area contributed by atoms with Gasteiger partial charge >= 0.3 is 19.8 Å². The van der Waals surface area contributed by atoms with E-state index in [2.05, 4.69) is 79.1 Å². The molecule has 0 unspecified atom stereocenters. The number of carbonyl (C=O) groups is 2. The first-order valence-electron chi connectivity index (χ1n) is 21.2. The van der Waals surface area contributed by atoms with Crippen molar-refractivity contribution < 1.29 is 37.9 Å². The highest BCUT2D eigenvalue weighted by molar-refractivity contribution is 7.46. The minimum Gasteiger partial charge on any atom is -0.462 e. The van der Waals surface area contributed by atoms with Gasteiger partial charge in [0.1, 0.15) is 6.61 Å². The van der Waals surface area contributed by atoms with E-state index in [4.69, 9.17) is 19.3 Å². The second kappa shape index (κ2) is 40.2. The third-order valence-electron chi connectivity index (χ3n) is 8.71. The molecule has 0 radical (unpaired) electrons. The summed E-state index contributed by atoms with van der Waals surface area (Å²) in [5, 5.41) is 0. The van der Waals surface area contributed by atoms with Crippen molar-refractivity contribution in [2.24, 2.45) is 0 Å². The summed E-state index contributed by atoms with van der Waals surface area (Å²) in [6, 6.07) is 0. The summed E-state index contributed by atoms with van der Waals surface area (Å²) in [6.07, 6.45) is 52.0. The van der Waals surface area contributed by atoms with Crippen LogP contribution in [0.1, 0.15) is 181 Å². The molecule has 0 bridgehead atoms. The van der Waals surface area contributed by atoms with Gasteiger partial charge in [-0.3, -0.25) is 14.1 Å². The normalized spacial score (nSPS) is 13.2. The van der Waals surface area contributed by atoms with Gasteiger partial charge in [0.05, 0.1) is 6.61 Å².